The van der Waals surface area contributed by atoms with Gasteiger partial charge >= 0.3 is 0 Å². The zero-order chi connectivity index (χ0) is 12.5. The minimum Gasteiger partial charge on any atom is -0.488 e. The summed E-state index contributed by atoms with van der Waals surface area (Å²) < 4.78 is 5.56. The van der Waals surface area contributed by atoms with Crippen LogP contribution in [0, 0.1) is 0 Å². The van der Waals surface area contributed by atoms with Crippen LogP contribution in [0.4, 0.5) is 0 Å². The summed E-state index contributed by atoms with van der Waals surface area (Å²) in [5.74, 6) is 0.663. The standard InChI is InChI=1S/C14H17ClO2/c1-10(2)9-17-12-5-3-4-11(13(12)15)8-14(16)6-7-14/h3-5,16H,1,6-9H2,2H3. The molecule has 0 radical (unpaired) electrons. The average molecular weight is 253 g/mol. The molecule has 0 spiro atoms. The molecular weight excluding hydrogens is 236 g/mol. The number of hydrogen-bond acceptors (Lipinski definition) is 2. The van der Waals surface area contributed by atoms with E-state index in [-0.39, 0.29) is 0 Å². The quantitative estimate of drug-likeness (QED) is 0.815. The molecule has 0 amide bonds. The van der Waals surface area contributed by atoms with E-state index in [1.54, 1.807) is 0 Å². The summed E-state index contributed by atoms with van der Waals surface area (Å²) in [6.45, 7) is 6.16. The van der Waals surface area contributed by atoms with Gasteiger partial charge in [0.2, 0.25) is 0 Å². The van der Waals surface area contributed by atoms with Crippen molar-refractivity contribution in [2.45, 2.75) is 31.8 Å². The molecule has 17 heavy (non-hydrogen) atoms. The maximum Gasteiger partial charge on any atom is 0.138 e. The van der Waals surface area contributed by atoms with Gasteiger partial charge in [0.15, 0.2) is 0 Å². The lowest BCUT2D eigenvalue weighted by atomic mass is 10.1. The van der Waals surface area contributed by atoms with Crippen LogP contribution >= 0.6 is 11.6 Å². The number of aliphatic hydroxyl groups is 1. The van der Waals surface area contributed by atoms with Gasteiger partial charge in [0, 0.05) is 6.42 Å². The third kappa shape index (κ3) is 3.24. The maximum absolute atomic E-state index is 9.90. The Bertz CT molecular complexity index is 436. The van der Waals surface area contributed by atoms with Crippen LogP contribution in [0.15, 0.2) is 30.4 Å². The van der Waals surface area contributed by atoms with E-state index >= 15 is 0 Å². The molecule has 1 N–H and O–H groups in total. The molecule has 1 fully saturated rings. The number of rotatable bonds is 5. The van der Waals surface area contributed by atoms with Crippen LogP contribution < -0.4 is 4.74 Å². The highest BCUT2D eigenvalue weighted by Gasteiger charge is 2.40. The molecular formula is C14H17ClO2. The minimum atomic E-state index is -0.531. The second-order valence-electron chi connectivity index (χ2n) is 4.88. The predicted molar refractivity (Wildman–Crippen MR) is 69.6 cm³/mol. The second-order valence-corrected chi connectivity index (χ2v) is 5.25. The summed E-state index contributed by atoms with van der Waals surface area (Å²) in [5, 5.41) is 10.5. The first-order chi connectivity index (χ1) is 8.00. The Kier molecular flexibility index (Phi) is 3.45. The van der Waals surface area contributed by atoms with Crippen molar-refractivity contribution < 1.29 is 9.84 Å². The highest BCUT2D eigenvalue weighted by molar-refractivity contribution is 6.32. The Labute approximate surface area is 107 Å². The molecule has 0 bridgehead atoms. The fraction of sp³-hybridized carbons (Fsp3) is 0.429. The van der Waals surface area contributed by atoms with E-state index in [0.29, 0.717) is 23.8 Å². The Balaban J connectivity index is 2.11. The van der Waals surface area contributed by atoms with Crippen molar-refractivity contribution in [1.29, 1.82) is 0 Å². The van der Waals surface area contributed by atoms with Gasteiger partial charge in [0.25, 0.3) is 0 Å². The smallest absolute Gasteiger partial charge is 0.138 e. The van der Waals surface area contributed by atoms with E-state index < -0.39 is 5.60 Å². The largest absolute Gasteiger partial charge is 0.488 e. The van der Waals surface area contributed by atoms with Crippen LogP contribution in [0.3, 0.4) is 0 Å². The van der Waals surface area contributed by atoms with E-state index in [0.717, 1.165) is 24.0 Å². The lowest BCUT2D eigenvalue weighted by Gasteiger charge is -2.13. The monoisotopic (exact) mass is 252 g/mol. The first-order valence-electron chi connectivity index (χ1n) is 5.77. The second kappa shape index (κ2) is 4.71. The van der Waals surface area contributed by atoms with E-state index in [1.165, 1.54) is 0 Å². The molecule has 3 heteroatoms. The van der Waals surface area contributed by atoms with Crippen molar-refractivity contribution in [3.8, 4) is 5.75 Å². The molecule has 1 aliphatic rings. The summed E-state index contributed by atoms with van der Waals surface area (Å²) in [6.07, 6.45) is 2.33. The highest BCUT2D eigenvalue weighted by atomic mass is 35.5. The predicted octanol–water partition coefficient (Wildman–Crippen LogP) is 3.36. The highest BCUT2D eigenvalue weighted by Crippen LogP contribution is 2.41. The van der Waals surface area contributed by atoms with E-state index in [2.05, 4.69) is 6.58 Å². The first kappa shape index (κ1) is 12.5. The molecule has 1 saturated carbocycles. The Morgan fingerprint density at radius 2 is 2.24 bits per heavy atom. The molecule has 1 aromatic carbocycles. The van der Waals surface area contributed by atoms with Crippen molar-refractivity contribution in [3.05, 3.63) is 40.9 Å². The molecule has 2 nitrogen and oxygen atoms in total. The number of hydrogen-bond donors (Lipinski definition) is 1. The fourth-order valence-corrected chi connectivity index (χ4v) is 1.93. The summed E-state index contributed by atoms with van der Waals surface area (Å²) >= 11 is 6.26. The van der Waals surface area contributed by atoms with Crippen LogP contribution in [0.2, 0.25) is 5.02 Å². The van der Waals surface area contributed by atoms with Gasteiger partial charge in [-0.3, -0.25) is 0 Å². The Morgan fingerprint density at radius 1 is 1.53 bits per heavy atom. The molecule has 0 aliphatic heterocycles. The maximum atomic E-state index is 9.90. The molecule has 2 rings (SSSR count). The van der Waals surface area contributed by atoms with Gasteiger partial charge in [-0.25, -0.2) is 0 Å². The third-order valence-electron chi connectivity index (χ3n) is 2.86. The van der Waals surface area contributed by atoms with E-state index in [9.17, 15) is 5.11 Å². The van der Waals surface area contributed by atoms with Gasteiger partial charge in [0.1, 0.15) is 12.4 Å². The molecule has 0 unspecified atom stereocenters. The van der Waals surface area contributed by atoms with Crippen LogP contribution in [0.25, 0.3) is 0 Å². The van der Waals surface area contributed by atoms with Gasteiger partial charge in [-0.15, -0.1) is 0 Å². The van der Waals surface area contributed by atoms with E-state index in [4.69, 9.17) is 16.3 Å². The number of benzene rings is 1. The summed E-state index contributed by atoms with van der Waals surface area (Å²) in [4.78, 5) is 0. The SMILES string of the molecule is C=C(C)COc1cccc(CC2(O)CC2)c1Cl. The number of halogens is 1. The van der Waals surface area contributed by atoms with Crippen molar-refractivity contribution >= 4 is 11.6 Å². The summed E-state index contributed by atoms with van der Waals surface area (Å²) in [5.41, 5.74) is 1.37. The third-order valence-corrected chi connectivity index (χ3v) is 3.29. The van der Waals surface area contributed by atoms with Gasteiger partial charge < -0.3 is 9.84 Å². The van der Waals surface area contributed by atoms with Crippen LogP contribution in [0.5, 0.6) is 5.75 Å². The van der Waals surface area contributed by atoms with Crippen molar-refractivity contribution in [1.82, 2.24) is 0 Å². The first-order valence-corrected chi connectivity index (χ1v) is 6.15. The lowest BCUT2D eigenvalue weighted by molar-refractivity contribution is 0.151. The Morgan fingerprint density at radius 3 is 2.82 bits per heavy atom. The molecule has 1 aromatic rings. The fourth-order valence-electron chi connectivity index (χ4n) is 1.68. The molecule has 0 atom stereocenters. The molecule has 1 aliphatic carbocycles. The van der Waals surface area contributed by atoms with Crippen molar-refractivity contribution in [2.75, 3.05) is 6.61 Å². The van der Waals surface area contributed by atoms with E-state index in [1.807, 2.05) is 25.1 Å². The summed E-state index contributed by atoms with van der Waals surface area (Å²) in [7, 11) is 0. The van der Waals surface area contributed by atoms with Crippen LogP contribution in [-0.4, -0.2) is 17.3 Å². The molecule has 92 valence electrons. The van der Waals surface area contributed by atoms with Crippen molar-refractivity contribution in [2.24, 2.45) is 0 Å². The van der Waals surface area contributed by atoms with Crippen molar-refractivity contribution in [3.63, 3.8) is 0 Å². The molecule has 0 heterocycles. The van der Waals surface area contributed by atoms with Crippen LogP contribution in [0.1, 0.15) is 25.3 Å². The van der Waals surface area contributed by atoms with Gasteiger partial charge in [0.05, 0.1) is 10.6 Å². The average Bonchev–Trinajstić information content (AvgIpc) is 2.98. The zero-order valence-electron chi connectivity index (χ0n) is 10.0. The lowest BCUT2D eigenvalue weighted by Crippen LogP contribution is -2.11. The van der Waals surface area contributed by atoms with Gasteiger partial charge in [-0.05, 0) is 37.0 Å². The zero-order valence-corrected chi connectivity index (χ0v) is 10.8. The van der Waals surface area contributed by atoms with Gasteiger partial charge in [-0.1, -0.05) is 30.3 Å². The molecule has 0 saturated heterocycles. The van der Waals surface area contributed by atoms with Crippen LogP contribution in [-0.2, 0) is 6.42 Å². The summed E-state index contributed by atoms with van der Waals surface area (Å²) in [6, 6.07) is 5.68. The number of ether oxygens (including phenoxy) is 1. The Hall–Kier alpha value is -0.990. The normalized spacial score (nSPS) is 16.6. The minimum absolute atomic E-state index is 0.466. The topological polar surface area (TPSA) is 29.5 Å². The van der Waals surface area contributed by atoms with Gasteiger partial charge in [-0.2, -0.15) is 0 Å². The molecule has 0 aromatic heterocycles.